The molecule has 0 radical (unpaired) electrons. The molecule has 6 heteroatoms. The number of allylic oxidation sites excluding steroid dienone is 2. The lowest BCUT2D eigenvalue weighted by molar-refractivity contribution is -0.115. The lowest BCUT2D eigenvalue weighted by atomic mass is 9.90. The van der Waals surface area contributed by atoms with Crippen LogP contribution in [0.5, 0.6) is 0 Å². The van der Waals surface area contributed by atoms with Crippen LogP contribution in [-0.2, 0) is 24.1 Å². The van der Waals surface area contributed by atoms with Gasteiger partial charge in [-0.3, -0.25) is 4.79 Å². The van der Waals surface area contributed by atoms with Crippen LogP contribution in [0.4, 0.5) is 10.2 Å². The molecular weight excluding hydrogens is 429 g/mol. The summed E-state index contributed by atoms with van der Waals surface area (Å²) in [4.78, 5) is 22.7. The van der Waals surface area contributed by atoms with Crippen LogP contribution >= 0.6 is 0 Å². The van der Waals surface area contributed by atoms with Crippen LogP contribution in [0.15, 0.2) is 60.7 Å². The average Bonchev–Trinajstić information content (AvgIpc) is 2.80. The Balaban J connectivity index is 1.53. The highest BCUT2D eigenvalue weighted by atomic mass is 19.1. The van der Waals surface area contributed by atoms with Gasteiger partial charge in [0.15, 0.2) is 5.82 Å². The molecule has 2 aliphatic carbocycles. The molecule has 0 fully saturated rings. The summed E-state index contributed by atoms with van der Waals surface area (Å²) in [7, 11) is 0. The molecular formula is C28H26FN3O2. The Labute approximate surface area is 198 Å². The van der Waals surface area contributed by atoms with Gasteiger partial charge in [-0.2, -0.15) is 0 Å². The first-order valence-corrected chi connectivity index (χ1v) is 11.4. The molecule has 2 aliphatic rings. The fourth-order valence-electron chi connectivity index (χ4n) is 4.37. The molecule has 0 aliphatic heterocycles. The number of benzene rings is 2. The van der Waals surface area contributed by atoms with Crippen LogP contribution in [0.3, 0.4) is 0 Å². The molecule has 5 rings (SSSR count). The number of halogens is 1. The molecule has 1 unspecified atom stereocenters. The summed E-state index contributed by atoms with van der Waals surface area (Å²) < 4.78 is 13.8. The number of aromatic nitrogens is 2. The second kappa shape index (κ2) is 8.61. The highest BCUT2D eigenvalue weighted by Crippen LogP contribution is 2.36. The van der Waals surface area contributed by atoms with E-state index >= 15 is 0 Å². The largest absolute Gasteiger partial charge is 0.386 e. The first-order chi connectivity index (χ1) is 16.3. The van der Waals surface area contributed by atoms with Gasteiger partial charge < -0.3 is 10.4 Å². The van der Waals surface area contributed by atoms with E-state index in [0.717, 1.165) is 33.5 Å². The Morgan fingerprint density at radius 2 is 1.91 bits per heavy atom. The highest BCUT2D eigenvalue weighted by Gasteiger charge is 2.26. The van der Waals surface area contributed by atoms with Crippen LogP contribution in [-0.4, -0.2) is 26.6 Å². The minimum atomic E-state index is -0.926. The van der Waals surface area contributed by atoms with E-state index in [0.29, 0.717) is 36.5 Å². The maximum atomic E-state index is 13.8. The van der Waals surface area contributed by atoms with Gasteiger partial charge in [0.05, 0.1) is 23.4 Å². The summed E-state index contributed by atoms with van der Waals surface area (Å²) in [5.41, 5.74) is 5.70. The van der Waals surface area contributed by atoms with Crippen LogP contribution in [0.25, 0.3) is 16.8 Å². The van der Waals surface area contributed by atoms with E-state index in [-0.39, 0.29) is 18.1 Å². The van der Waals surface area contributed by atoms with Gasteiger partial charge in [-0.25, -0.2) is 14.4 Å². The molecule has 172 valence electrons. The van der Waals surface area contributed by atoms with Gasteiger partial charge in [-0.15, -0.1) is 0 Å². The topological polar surface area (TPSA) is 75.1 Å². The number of aliphatic hydroxyl groups is 1. The Bertz CT molecular complexity index is 1340. The summed E-state index contributed by atoms with van der Waals surface area (Å²) in [6.45, 7) is 3.75. The van der Waals surface area contributed by atoms with E-state index < -0.39 is 5.60 Å². The Morgan fingerprint density at radius 1 is 1.12 bits per heavy atom. The molecule has 1 amide bonds. The van der Waals surface area contributed by atoms with Gasteiger partial charge in [0.1, 0.15) is 11.5 Å². The molecule has 34 heavy (non-hydrogen) atoms. The quantitative estimate of drug-likeness (QED) is 0.583. The third-order valence-electron chi connectivity index (χ3n) is 6.30. The summed E-state index contributed by atoms with van der Waals surface area (Å²) >= 11 is 0. The number of carbonyl (C=O) groups excluding carboxylic acids is 1. The molecule has 0 saturated carbocycles. The van der Waals surface area contributed by atoms with Crippen molar-refractivity contribution in [3.63, 3.8) is 0 Å². The molecule has 2 N–H and O–H groups in total. The number of carbonyl (C=O) groups is 1. The predicted octanol–water partition coefficient (Wildman–Crippen LogP) is 4.97. The Kier molecular flexibility index (Phi) is 5.62. The van der Waals surface area contributed by atoms with Gasteiger partial charge in [0, 0.05) is 5.56 Å². The third kappa shape index (κ3) is 4.54. The van der Waals surface area contributed by atoms with Crippen molar-refractivity contribution in [3.8, 4) is 11.3 Å². The number of anilines is 1. The SMILES string of the molecule is Cc1ccc(CC(=O)Nc2nc3c(nc2C2=CCC(C)(O)C=C2)-c2ccc(F)cc2CC3)cc1. The molecule has 1 atom stereocenters. The van der Waals surface area contributed by atoms with Gasteiger partial charge in [0.25, 0.3) is 0 Å². The van der Waals surface area contributed by atoms with Crippen LogP contribution in [0.2, 0.25) is 0 Å². The number of hydrogen-bond acceptors (Lipinski definition) is 4. The molecule has 0 saturated heterocycles. The van der Waals surface area contributed by atoms with Crippen molar-refractivity contribution in [3.05, 3.63) is 94.6 Å². The van der Waals surface area contributed by atoms with Gasteiger partial charge in [-0.05, 0) is 68.0 Å². The maximum absolute atomic E-state index is 13.8. The van der Waals surface area contributed by atoms with E-state index in [1.54, 1.807) is 25.1 Å². The predicted molar refractivity (Wildman–Crippen MR) is 131 cm³/mol. The number of rotatable bonds is 4. The van der Waals surface area contributed by atoms with Crippen molar-refractivity contribution >= 4 is 17.3 Å². The van der Waals surface area contributed by atoms with Crippen molar-refractivity contribution in [2.24, 2.45) is 0 Å². The van der Waals surface area contributed by atoms with Gasteiger partial charge in [-0.1, -0.05) is 48.1 Å². The monoisotopic (exact) mass is 455 g/mol. The fraction of sp³-hybridized carbons (Fsp3) is 0.250. The molecule has 5 nitrogen and oxygen atoms in total. The van der Waals surface area contributed by atoms with E-state index in [2.05, 4.69) is 5.32 Å². The average molecular weight is 456 g/mol. The first-order valence-electron chi connectivity index (χ1n) is 11.4. The number of aryl methyl sites for hydroxylation is 3. The number of nitrogens with one attached hydrogen (secondary N) is 1. The molecule has 2 aromatic carbocycles. The number of fused-ring (bicyclic) bond motifs is 3. The summed E-state index contributed by atoms with van der Waals surface area (Å²) in [5, 5.41) is 13.3. The Hall–Kier alpha value is -3.64. The van der Waals surface area contributed by atoms with Crippen molar-refractivity contribution in [1.82, 2.24) is 9.97 Å². The van der Waals surface area contributed by atoms with Crippen LogP contribution in [0, 0.1) is 12.7 Å². The highest BCUT2D eigenvalue weighted by molar-refractivity contribution is 5.95. The van der Waals surface area contributed by atoms with Gasteiger partial charge >= 0.3 is 0 Å². The smallest absolute Gasteiger partial charge is 0.230 e. The molecule has 1 heterocycles. The summed E-state index contributed by atoms with van der Waals surface area (Å²) in [6, 6.07) is 12.6. The Morgan fingerprint density at radius 3 is 2.65 bits per heavy atom. The second-order valence-corrected chi connectivity index (χ2v) is 9.28. The number of hydrogen-bond donors (Lipinski definition) is 2. The lowest BCUT2D eigenvalue weighted by Gasteiger charge is -2.24. The molecule has 0 bridgehead atoms. The van der Waals surface area contributed by atoms with Crippen molar-refractivity contribution < 1.29 is 14.3 Å². The molecule has 1 aromatic heterocycles. The number of nitrogens with zero attached hydrogens (tertiary/aromatic N) is 2. The lowest BCUT2D eigenvalue weighted by Crippen LogP contribution is -2.23. The zero-order valence-electron chi connectivity index (χ0n) is 19.2. The summed E-state index contributed by atoms with van der Waals surface area (Å²) in [6.07, 6.45) is 7.37. The fourth-order valence-corrected chi connectivity index (χ4v) is 4.37. The van der Waals surface area contributed by atoms with E-state index in [4.69, 9.17) is 9.97 Å². The molecule has 3 aromatic rings. The number of amides is 1. The van der Waals surface area contributed by atoms with Crippen LogP contribution < -0.4 is 5.32 Å². The standard InChI is InChI=1S/C28H26FN3O2/c1-17-3-5-18(6-4-17)15-24(33)31-27-25(19-11-13-28(2,34)14-12-19)32-26-22-9-8-21(29)16-20(22)7-10-23(26)30-27/h3-6,8-9,11-13,16,34H,7,10,14-15H2,1-2H3,(H,30,31,33). The molecule has 0 spiro atoms. The van der Waals surface area contributed by atoms with Gasteiger partial charge in [0.2, 0.25) is 5.91 Å². The third-order valence-corrected chi connectivity index (χ3v) is 6.30. The van der Waals surface area contributed by atoms with Crippen LogP contribution in [0.1, 0.15) is 41.4 Å². The zero-order chi connectivity index (χ0) is 23.9. The van der Waals surface area contributed by atoms with Crippen molar-refractivity contribution in [2.75, 3.05) is 5.32 Å². The second-order valence-electron chi connectivity index (χ2n) is 9.28. The van der Waals surface area contributed by atoms with E-state index in [1.807, 2.05) is 43.3 Å². The minimum Gasteiger partial charge on any atom is -0.386 e. The summed E-state index contributed by atoms with van der Waals surface area (Å²) in [5.74, 6) is -0.0422. The van der Waals surface area contributed by atoms with Crippen molar-refractivity contribution in [1.29, 1.82) is 0 Å². The zero-order valence-corrected chi connectivity index (χ0v) is 19.2. The maximum Gasteiger partial charge on any atom is 0.230 e. The minimum absolute atomic E-state index is 0.176. The van der Waals surface area contributed by atoms with Crippen molar-refractivity contribution in [2.45, 2.75) is 45.1 Å². The first kappa shape index (κ1) is 22.2. The normalized spacial score (nSPS) is 18.6. The van der Waals surface area contributed by atoms with E-state index in [1.165, 1.54) is 6.07 Å². The van der Waals surface area contributed by atoms with E-state index in [9.17, 15) is 14.3 Å².